The van der Waals surface area contributed by atoms with Gasteiger partial charge in [-0.2, -0.15) is 0 Å². The summed E-state index contributed by atoms with van der Waals surface area (Å²) < 4.78 is 1.09. The summed E-state index contributed by atoms with van der Waals surface area (Å²) in [7, 11) is 0. The lowest BCUT2D eigenvalue weighted by Gasteiger charge is -2.05. The Kier molecular flexibility index (Phi) is 2.91. The van der Waals surface area contributed by atoms with Gasteiger partial charge in [0.05, 0.1) is 10.2 Å². The minimum absolute atomic E-state index is 0.0590. The molecule has 0 spiro atoms. The van der Waals surface area contributed by atoms with Gasteiger partial charge in [0.25, 0.3) is 5.56 Å². The lowest BCUT2D eigenvalue weighted by atomic mass is 10.1. The van der Waals surface area contributed by atoms with E-state index in [4.69, 9.17) is 0 Å². The van der Waals surface area contributed by atoms with Crippen molar-refractivity contribution >= 4 is 21.6 Å². The SMILES string of the molecule is CCc1c(C)nc(-c2cnc3ccsc3c2)[nH]c1=O. The van der Waals surface area contributed by atoms with E-state index in [1.807, 2.05) is 31.4 Å². The van der Waals surface area contributed by atoms with E-state index in [-0.39, 0.29) is 5.56 Å². The van der Waals surface area contributed by atoms with Crippen molar-refractivity contribution in [3.8, 4) is 11.4 Å². The molecule has 96 valence electrons. The van der Waals surface area contributed by atoms with Crippen LogP contribution in [-0.2, 0) is 6.42 Å². The van der Waals surface area contributed by atoms with Crippen LogP contribution in [-0.4, -0.2) is 15.0 Å². The normalized spacial score (nSPS) is 11.1. The lowest BCUT2D eigenvalue weighted by molar-refractivity contribution is 0.967. The van der Waals surface area contributed by atoms with Crippen molar-refractivity contribution in [2.75, 3.05) is 0 Å². The molecule has 0 saturated heterocycles. The van der Waals surface area contributed by atoms with Crippen LogP contribution >= 0.6 is 11.3 Å². The average Bonchev–Trinajstić information content (AvgIpc) is 2.85. The molecule has 19 heavy (non-hydrogen) atoms. The van der Waals surface area contributed by atoms with Crippen molar-refractivity contribution in [1.29, 1.82) is 0 Å². The Balaban J connectivity index is 2.18. The number of aryl methyl sites for hydroxylation is 1. The van der Waals surface area contributed by atoms with Gasteiger partial charge in [-0.25, -0.2) is 4.98 Å². The maximum Gasteiger partial charge on any atom is 0.254 e. The molecule has 0 aliphatic rings. The Morgan fingerprint density at radius 3 is 3.00 bits per heavy atom. The molecule has 0 amide bonds. The molecule has 3 heterocycles. The largest absolute Gasteiger partial charge is 0.306 e. The highest BCUT2D eigenvalue weighted by atomic mass is 32.1. The second-order valence-corrected chi connectivity index (χ2v) is 5.31. The molecular formula is C14H13N3OS. The predicted molar refractivity (Wildman–Crippen MR) is 77.6 cm³/mol. The number of H-pyrrole nitrogens is 1. The first-order chi connectivity index (χ1) is 9.19. The van der Waals surface area contributed by atoms with E-state index in [0.717, 1.165) is 27.0 Å². The molecule has 1 N–H and O–H groups in total. The molecule has 0 aromatic carbocycles. The highest BCUT2D eigenvalue weighted by molar-refractivity contribution is 7.17. The first-order valence-corrected chi connectivity index (χ1v) is 7.00. The summed E-state index contributed by atoms with van der Waals surface area (Å²) in [6, 6.07) is 3.99. The number of nitrogens with one attached hydrogen (secondary N) is 1. The van der Waals surface area contributed by atoms with Gasteiger partial charge in [-0.1, -0.05) is 6.92 Å². The number of nitrogens with zero attached hydrogens (tertiary/aromatic N) is 2. The van der Waals surface area contributed by atoms with Gasteiger partial charge < -0.3 is 4.98 Å². The van der Waals surface area contributed by atoms with Gasteiger partial charge in [0.1, 0.15) is 5.82 Å². The third-order valence-electron chi connectivity index (χ3n) is 3.15. The second kappa shape index (κ2) is 4.59. The molecule has 3 aromatic heterocycles. The van der Waals surface area contributed by atoms with Crippen LogP contribution in [0.15, 0.2) is 28.5 Å². The van der Waals surface area contributed by atoms with E-state index >= 15 is 0 Å². The second-order valence-electron chi connectivity index (χ2n) is 4.36. The van der Waals surface area contributed by atoms with Crippen LogP contribution in [0.2, 0.25) is 0 Å². The topological polar surface area (TPSA) is 58.6 Å². The summed E-state index contributed by atoms with van der Waals surface area (Å²) in [5.41, 5.74) is 3.29. The summed E-state index contributed by atoms with van der Waals surface area (Å²) >= 11 is 1.63. The Bertz CT molecular complexity index is 804. The minimum Gasteiger partial charge on any atom is -0.306 e. The number of rotatable bonds is 2. The molecule has 0 saturated carbocycles. The highest BCUT2D eigenvalue weighted by Gasteiger charge is 2.09. The van der Waals surface area contributed by atoms with Crippen LogP contribution in [0.5, 0.6) is 0 Å². The molecule has 0 aliphatic carbocycles. The number of aromatic amines is 1. The highest BCUT2D eigenvalue weighted by Crippen LogP contribution is 2.23. The van der Waals surface area contributed by atoms with E-state index in [0.29, 0.717) is 12.2 Å². The lowest BCUT2D eigenvalue weighted by Crippen LogP contribution is -2.16. The number of hydrogen-bond donors (Lipinski definition) is 1. The van der Waals surface area contributed by atoms with E-state index in [1.54, 1.807) is 17.5 Å². The molecule has 0 unspecified atom stereocenters. The van der Waals surface area contributed by atoms with Crippen molar-refractivity contribution in [1.82, 2.24) is 15.0 Å². The van der Waals surface area contributed by atoms with Crippen LogP contribution in [0.1, 0.15) is 18.2 Å². The maximum absolute atomic E-state index is 12.0. The molecule has 3 rings (SSSR count). The molecular weight excluding hydrogens is 258 g/mol. The summed E-state index contributed by atoms with van der Waals surface area (Å²) in [4.78, 5) is 23.6. The molecule has 3 aromatic rings. The molecule has 0 radical (unpaired) electrons. The van der Waals surface area contributed by atoms with Gasteiger partial charge in [0, 0.05) is 23.0 Å². The average molecular weight is 271 g/mol. The van der Waals surface area contributed by atoms with Crippen LogP contribution in [0.4, 0.5) is 0 Å². The summed E-state index contributed by atoms with van der Waals surface area (Å²) in [6.07, 6.45) is 2.44. The third kappa shape index (κ3) is 2.06. The minimum atomic E-state index is -0.0590. The van der Waals surface area contributed by atoms with E-state index in [1.165, 1.54) is 0 Å². The van der Waals surface area contributed by atoms with E-state index < -0.39 is 0 Å². The van der Waals surface area contributed by atoms with Gasteiger partial charge in [-0.15, -0.1) is 11.3 Å². The van der Waals surface area contributed by atoms with Gasteiger partial charge in [-0.05, 0) is 30.9 Å². The fraction of sp³-hybridized carbons (Fsp3) is 0.214. The molecule has 5 heteroatoms. The maximum atomic E-state index is 12.0. The summed E-state index contributed by atoms with van der Waals surface area (Å²) in [5, 5.41) is 2.00. The van der Waals surface area contributed by atoms with E-state index in [9.17, 15) is 4.79 Å². The first kappa shape index (κ1) is 12.0. The fourth-order valence-electron chi connectivity index (χ4n) is 2.14. The third-order valence-corrected chi connectivity index (χ3v) is 4.01. The standard InChI is InChI=1S/C14H13N3OS/c1-3-10-8(2)16-13(17-14(10)18)9-6-12-11(15-7-9)4-5-19-12/h4-7H,3H2,1-2H3,(H,16,17,18). The van der Waals surface area contributed by atoms with Crippen molar-refractivity contribution in [2.45, 2.75) is 20.3 Å². The van der Waals surface area contributed by atoms with Crippen molar-refractivity contribution in [2.24, 2.45) is 0 Å². The molecule has 0 atom stereocenters. The van der Waals surface area contributed by atoms with Gasteiger partial charge >= 0.3 is 0 Å². The smallest absolute Gasteiger partial charge is 0.254 e. The Hall–Kier alpha value is -2.01. The van der Waals surface area contributed by atoms with Crippen LogP contribution in [0.25, 0.3) is 21.6 Å². The zero-order chi connectivity index (χ0) is 13.4. The van der Waals surface area contributed by atoms with Crippen LogP contribution < -0.4 is 5.56 Å². The first-order valence-electron chi connectivity index (χ1n) is 6.12. The number of fused-ring (bicyclic) bond motifs is 1. The van der Waals surface area contributed by atoms with Gasteiger partial charge in [-0.3, -0.25) is 9.78 Å². The van der Waals surface area contributed by atoms with Crippen LogP contribution in [0.3, 0.4) is 0 Å². The number of aromatic nitrogens is 3. The van der Waals surface area contributed by atoms with Gasteiger partial charge in [0.2, 0.25) is 0 Å². The van der Waals surface area contributed by atoms with E-state index in [2.05, 4.69) is 15.0 Å². The zero-order valence-corrected chi connectivity index (χ0v) is 11.5. The molecule has 0 fully saturated rings. The number of pyridine rings is 1. The molecule has 0 bridgehead atoms. The monoisotopic (exact) mass is 271 g/mol. The Morgan fingerprint density at radius 2 is 2.26 bits per heavy atom. The number of hydrogen-bond acceptors (Lipinski definition) is 4. The quantitative estimate of drug-likeness (QED) is 0.779. The van der Waals surface area contributed by atoms with Gasteiger partial charge in [0.15, 0.2) is 0 Å². The van der Waals surface area contributed by atoms with Crippen LogP contribution in [0, 0.1) is 6.92 Å². The van der Waals surface area contributed by atoms with Crippen molar-refractivity contribution in [3.05, 3.63) is 45.3 Å². The van der Waals surface area contributed by atoms with Crippen molar-refractivity contribution < 1.29 is 0 Å². The molecule has 4 nitrogen and oxygen atoms in total. The predicted octanol–water partition coefficient (Wildman–Crippen LogP) is 2.92. The zero-order valence-electron chi connectivity index (χ0n) is 10.7. The number of thiophene rings is 1. The fourth-order valence-corrected chi connectivity index (χ4v) is 2.92. The van der Waals surface area contributed by atoms with Crippen molar-refractivity contribution in [3.63, 3.8) is 0 Å². The molecule has 0 aliphatic heterocycles. The summed E-state index contributed by atoms with van der Waals surface area (Å²) in [5.74, 6) is 0.586. The summed E-state index contributed by atoms with van der Waals surface area (Å²) in [6.45, 7) is 3.83. The Morgan fingerprint density at radius 1 is 1.42 bits per heavy atom. The Labute approximate surface area is 114 Å².